The van der Waals surface area contributed by atoms with Crippen LogP contribution < -0.4 is 0 Å². The van der Waals surface area contributed by atoms with Crippen molar-refractivity contribution < 1.29 is 33.7 Å². The average Bonchev–Trinajstić information content (AvgIpc) is 3.23. The van der Waals surface area contributed by atoms with Crippen molar-refractivity contribution in [1.82, 2.24) is 4.90 Å². The molecule has 2 aromatic rings. The van der Waals surface area contributed by atoms with E-state index in [-0.39, 0.29) is 30.2 Å². The molecule has 1 aromatic heterocycles. The van der Waals surface area contributed by atoms with Crippen LogP contribution in [-0.4, -0.2) is 57.7 Å². The molecule has 0 saturated carbocycles. The quantitative estimate of drug-likeness (QED) is 0.627. The van der Waals surface area contributed by atoms with E-state index in [1.807, 2.05) is 0 Å². The summed E-state index contributed by atoms with van der Waals surface area (Å²) in [4.78, 5) is 25.9. The minimum Gasteiger partial charge on any atom is -0.503 e. The van der Waals surface area contributed by atoms with Gasteiger partial charge in [0.15, 0.2) is 11.5 Å². The molecule has 1 aliphatic rings. The van der Waals surface area contributed by atoms with E-state index in [1.165, 1.54) is 18.4 Å². The number of carbonyl (C=O) groups excluding carboxylic acids is 2. The second-order valence-electron chi connectivity index (χ2n) is 6.26. The van der Waals surface area contributed by atoms with E-state index in [0.29, 0.717) is 12.0 Å². The van der Waals surface area contributed by atoms with E-state index in [1.54, 1.807) is 18.2 Å². The Morgan fingerprint density at radius 3 is 2.63 bits per heavy atom. The van der Waals surface area contributed by atoms with Gasteiger partial charge in [-0.25, -0.2) is 4.39 Å². The maximum atomic E-state index is 13.0. The average molecular weight is 375 g/mol. The molecule has 0 aliphatic carbocycles. The van der Waals surface area contributed by atoms with Gasteiger partial charge in [-0.1, -0.05) is 12.1 Å². The number of Topliss-reactive ketones (excluding diaryl/α,β-unsaturated/α-hetero) is 1. The fraction of sp³-hybridized carbons (Fsp3) is 0.263. The van der Waals surface area contributed by atoms with Gasteiger partial charge in [0, 0.05) is 18.5 Å². The first-order chi connectivity index (χ1) is 12.9. The van der Waals surface area contributed by atoms with Crippen molar-refractivity contribution in [3.63, 3.8) is 0 Å². The lowest BCUT2D eigenvalue weighted by atomic mass is 10.0. The van der Waals surface area contributed by atoms with Crippen molar-refractivity contribution in [2.75, 3.05) is 19.7 Å². The lowest BCUT2D eigenvalue weighted by Crippen LogP contribution is -2.36. The summed E-state index contributed by atoms with van der Waals surface area (Å²) in [5.74, 6) is -2.51. The number of aliphatic hydroxyl groups is 3. The van der Waals surface area contributed by atoms with Crippen LogP contribution in [-0.2, 0) is 11.2 Å². The molecule has 7 nitrogen and oxygen atoms in total. The zero-order valence-corrected chi connectivity index (χ0v) is 14.3. The van der Waals surface area contributed by atoms with E-state index in [9.17, 15) is 24.2 Å². The second kappa shape index (κ2) is 7.73. The second-order valence-corrected chi connectivity index (χ2v) is 6.26. The van der Waals surface area contributed by atoms with Crippen LogP contribution in [0, 0.1) is 5.82 Å². The summed E-state index contributed by atoms with van der Waals surface area (Å²) in [6.07, 6.45) is 0.467. The van der Waals surface area contributed by atoms with Crippen molar-refractivity contribution in [3.8, 4) is 0 Å². The maximum Gasteiger partial charge on any atom is 0.289 e. The van der Waals surface area contributed by atoms with Gasteiger partial charge in [-0.3, -0.25) is 9.59 Å². The first-order valence-electron chi connectivity index (χ1n) is 8.26. The lowest BCUT2D eigenvalue weighted by Gasteiger charge is -2.18. The first kappa shape index (κ1) is 18.8. The third-order valence-corrected chi connectivity index (χ3v) is 4.30. The van der Waals surface area contributed by atoms with Crippen LogP contribution in [0.25, 0.3) is 0 Å². The van der Waals surface area contributed by atoms with Crippen molar-refractivity contribution in [2.45, 2.75) is 12.5 Å². The number of hydrogen-bond acceptors (Lipinski definition) is 6. The molecular formula is C19H18FNO6. The van der Waals surface area contributed by atoms with Crippen LogP contribution in [0.15, 0.2) is 52.3 Å². The van der Waals surface area contributed by atoms with Gasteiger partial charge in [0.25, 0.3) is 5.91 Å². The van der Waals surface area contributed by atoms with E-state index < -0.39 is 30.2 Å². The molecule has 2 heterocycles. The smallest absolute Gasteiger partial charge is 0.289 e. The Labute approximate surface area is 154 Å². The fourth-order valence-electron chi connectivity index (χ4n) is 2.89. The molecule has 142 valence electrons. The van der Waals surface area contributed by atoms with E-state index in [0.717, 1.165) is 10.5 Å². The first-order valence-corrected chi connectivity index (χ1v) is 8.26. The highest BCUT2D eigenvalue weighted by Gasteiger charge is 2.36. The highest BCUT2D eigenvalue weighted by Crippen LogP contribution is 2.25. The van der Waals surface area contributed by atoms with Crippen LogP contribution >= 0.6 is 0 Å². The Balaban J connectivity index is 1.79. The molecule has 1 unspecified atom stereocenters. The van der Waals surface area contributed by atoms with Gasteiger partial charge >= 0.3 is 0 Å². The Morgan fingerprint density at radius 2 is 1.96 bits per heavy atom. The predicted molar refractivity (Wildman–Crippen MR) is 91.6 cm³/mol. The Morgan fingerprint density at radius 1 is 1.26 bits per heavy atom. The van der Waals surface area contributed by atoms with Crippen LogP contribution in [0.5, 0.6) is 0 Å². The number of amides is 1. The number of β-amino-alcohol motifs (C(OH)–C–C–N with tert-alkyl or cyclic N) is 1. The Bertz CT molecular complexity index is 886. The molecule has 3 N–H and O–H groups in total. The normalized spacial score (nSPS) is 15.5. The number of halogens is 1. The van der Waals surface area contributed by atoms with Crippen LogP contribution in [0.1, 0.15) is 21.7 Å². The number of nitrogens with zero attached hydrogens (tertiary/aromatic N) is 1. The van der Waals surface area contributed by atoms with Crippen LogP contribution in [0.2, 0.25) is 0 Å². The van der Waals surface area contributed by atoms with Crippen LogP contribution in [0.3, 0.4) is 0 Å². The Kier molecular flexibility index (Phi) is 5.38. The minimum absolute atomic E-state index is 0.0155. The number of benzene rings is 1. The molecule has 1 aliphatic heterocycles. The standard InChI is InChI=1S/C19H18FNO6/c20-13-3-1-11(2-4-13)7-12-5-6-27-18(12)16(24)15-9-21(8-14(23)10-22)19(26)17(15)25/h1-6,14,22-23,25H,7-10H2. The number of rotatable bonds is 7. The molecule has 1 atom stereocenters. The highest BCUT2D eigenvalue weighted by molar-refractivity contribution is 6.14. The van der Waals surface area contributed by atoms with E-state index in [2.05, 4.69) is 0 Å². The predicted octanol–water partition coefficient (Wildman–Crippen LogP) is 1.20. The van der Waals surface area contributed by atoms with Gasteiger partial charge in [0.1, 0.15) is 5.82 Å². The molecule has 0 bridgehead atoms. The molecule has 27 heavy (non-hydrogen) atoms. The van der Waals surface area contributed by atoms with Crippen molar-refractivity contribution in [2.24, 2.45) is 0 Å². The number of ketones is 1. The summed E-state index contributed by atoms with van der Waals surface area (Å²) in [7, 11) is 0. The van der Waals surface area contributed by atoms with Gasteiger partial charge in [-0.15, -0.1) is 0 Å². The van der Waals surface area contributed by atoms with Gasteiger partial charge < -0.3 is 24.6 Å². The van der Waals surface area contributed by atoms with Crippen molar-refractivity contribution >= 4 is 11.7 Å². The topological polar surface area (TPSA) is 111 Å². The summed E-state index contributed by atoms with van der Waals surface area (Å²) >= 11 is 0. The van der Waals surface area contributed by atoms with Gasteiger partial charge in [-0.05, 0) is 23.8 Å². The van der Waals surface area contributed by atoms with E-state index >= 15 is 0 Å². The monoisotopic (exact) mass is 375 g/mol. The molecule has 3 rings (SSSR count). The number of hydrogen-bond donors (Lipinski definition) is 3. The van der Waals surface area contributed by atoms with E-state index in [4.69, 9.17) is 9.52 Å². The number of carbonyl (C=O) groups is 2. The third kappa shape index (κ3) is 3.91. The molecule has 0 spiro atoms. The number of aliphatic hydroxyl groups excluding tert-OH is 3. The van der Waals surface area contributed by atoms with Gasteiger partial charge in [-0.2, -0.15) is 0 Å². The largest absolute Gasteiger partial charge is 0.503 e. The highest BCUT2D eigenvalue weighted by atomic mass is 19.1. The number of furan rings is 1. The molecular weight excluding hydrogens is 357 g/mol. The summed E-state index contributed by atoms with van der Waals surface area (Å²) < 4.78 is 18.3. The van der Waals surface area contributed by atoms with Crippen molar-refractivity contribution in [1.29, 1.82) is 0 Å². The lowest BCUT2D eigenvalue weighted by molar-refractivity contribution is -0.129. The van der Waals surface area contributed by atoms with Gasteiger partial charge in [0.05, 0.1) is 31.1 Å². The Hall–Kier alpha value is -2.97. The molecule has 1 aromatic carbocycles. The summed E-state index contributed by atoms with van der Waals surface area (Å²) in [5, 5.41) is 28.4. The minimum atomic E-state index is -1.17. The molecule has 8 heteroatoms. The molecule has 0 radical (unpaired) electrons. The summed E-state index contributed by atoms with van der Waals surface area (Å²) in [5.41, 5.74) is 1.16. The fourth-order valence-corrected chi connectivity index (χ4v) is 2.89. The zero-order valence-electron chi connectivity index (χ0n) is 14.3. The van der Waals surface area contributed by atoms with Gasteiger partial charge in [0.2, 0.25) is 5.78 Å². The van der Waals surface area contributed by atoms with Crippen molar-refractivity contribution in [3.05, 3.63) is 70.6 Å². The molecule has 1 amide bonds. The SMILES string of the molecule is O=C(C1=C(O)C(=O)N(CC(O)CO)C1)c1occc1Cc1ccc(F)cc1. The zero-order chi connectivity index (χ0) is 19.6. The molecule has 0 saturated heterocycles. The summed E-state index contributed by atoms with van der Waals surface area (Å²) in [6.45, 7) is -0.957. The maximum absolute atomic E-state index is 13.0. The third-order valence-electron chi connectivity index (χ3n) is 4.30. The van der Waals surface area contributed by atoms with Crippen LogP contribution in [0.4, 0.5) is 4.39 Å². The molecule has 0 fully saturated rings. The summed E-state index contributed by atoms with van der Waals surface area (Å²) in [6, 6.07) is 7.39.